The normalized spacial score (nSPS) is 18.6. The molecular weight excluding hydrogens is 1460 g/mol. The van der Waals surface area contributed by atoms with E-state index in [1.54, 1.807) is 67.6 Å². The molecule has 5 aliphatic heterocycles. The van der Waals surface area contributed by atoms with Crippen molar-refractivity contribution in [1.82, 2.24) is 30.7 Å². The van der Waals surface area contributed by atoms with E-state index in [-0.39, 0.29) is 130 Å². The number of methoxy groups -OCH3 is 2. The van der Waals surface area contributed by atoms with Crippen LogP contribution >= 0.6 is 0 Å². The lowest BCUT2D eigenvalue weighted by molar-refractivity contribution is -0.140. The Morgan fingerprint density at radius 2 is 1.16 bits per heavy atom. The van der Waals surface area contributed by atoms with Crippen molar-refractivity contribution >= 4 is 76.6 Å². The summed E-state index contributed by atoms with van der Waals surface area (Å²) in [4.78, 5) is 130. The first kappa shape index (κ1) is 87.9. The largest absolute Gasteiger partial charge is 0.493 e. The Kier molecular flexibility index (Phi) is 35.6. The average molecular weight is 1580 g/mol. The zero-order valence-corrected chi connectivity index (χ0v) is 66.5. The number of fused-ring (bicyclic) bond motifs is 4. The smallest absolute Gasteiger partial charge is 0.416 e. The van der Waals surface area contributed by atoms with Gasteiger partial charge in [0, 0.05) is 94.3 Å². The number of aliphatic hydroxyl groups excluding tert-OH is 1. The zero-order chi connectivity index (χ0) is 80.6. The standard InChI is InChI=1S/C82H115N9O22/c1-54(2)75(87-73(93)23-30-106-34-38-110-41-40-109-37-33-105-27-14-10-13-26-104-32-36-108-39-35-107-31-24-83-72(92)22-25-88-74(94)45-60(78(88)97)44-58-16-11-8-9-12-17-58)77(96)85-57(5)76(95)86-61-20-18-59(19-21-61)53-113-82(101)91-66-49-71(69(103-7)47-64(66)80(99)90-52-56(4)43-67(90)81(91)100)112-29-15-28-111-70-48-65-63(46-68(70)102-6)79(98)89-51-55(3)42-62(89)50-84-65/h18-21,46-52,54,57-58,60,62,67,75,81,100H,8-17,22-45,53H2,1-7H3,(H,83,92)(H,85,96)(H,86,95)(H,87,93)/t57-,60?,62-,67-,75-,81-/m0/s1. The minimum atomic E-state index is -1.55. The van der Waals surface area contributed by atoms with Crippen LogP contribution < -0.4 is 45.1 Å². The number of nitrogens with zero attached hydrogens (tertiary/aromatic N) is 5. The third kappa shape index (κ3) is 26.5. The highest BCUT2D eigenvalue weighted by Crippen LogP contribution is 2.43. The van der Waals surface area contributed by atoms with Crippen molar-refractivity contribution < 1.29 is 105 Å². The molecular formula is C82H115N9O22. The Labute approximate surface area is 661 Å². The van der Waals surface area contributed by atoms with E-state index in [0.717, 1.165) is 54.6 Å². The summed E-state index contributed by atoms with van der Waals surface area (Å²) >= 11 is 0. The van der Waals surface area contributed by atoms with Gasteiger partial charge in [-0.1, -0.05) is 75.7 Å². The van der Waals surface area contributed by atoms with E-state index in [9.17, 15) is 48.3 Å². The van der Waals surface area contributed by atoms with Gasteiger partial charge >= 0.3 is 6.09 Å². The predicted molar refractivity (Wildman–Crippen MR) is 417 cm³/mol. The number of rotatable bonds is 48. The number of hydrogen-bond donors (Lipinski definition) is 5. The number of aliphatic hydroxyl groups is 1. The van der Waals surface area contributed by atoms with E-state index in [1.807, 2.05) is 20.0 Å². The van der Waals surface area contributed by atoms with Crippen LogP contribution in [0.3, 0.4) is 0 Å². The molecule has 113 heavy (non-hydrogen) atoms. The first-order chi connectivity index (χ1) is 54.7. The van der Waals surface area contributed by atoms with Gasteiger partial charge in [-0.05, 0) is 101 Å². The van der Waals surface area contributed by atoms with Crippen LogP contribution in [0, 0.1) is 17.8 Å². The van der Waals surface area contributed by atoms with Gasteiger partial charge in [0.05, 0.1) is 141 Å². The van der Waals surface area contributed by atoms with Crippen LogP contribution in [-0.4, -0.2) is 243 Å². The second-order valence-corrected chi connectivity index (χ2v) is 29.4. The molecule has 2 fully saturated rings. The summed E-state index contributed by atoms with van der Waals surface area (Å²) in [6, 6.07) is 9.73. The van der Waals surface area contributed by atoms with E-state index in [2.05, 4.69) is 26.3 Å². The van der Waals surface area contributed by atoms with Crippen LogP contribution in [0.25, 0.3) is 0 Å². The highest BCUT2D eigenvalue weighted by Gasteiger charge is 2.46. The number of carbonyl (C=O) groups is 9. The second kappa shape index (κ2) is 45.7. The fraction of sp³-hybridized carbons (Fsp3) is 0.610. The molecule has 1 unspecified atom stereocenters. The van der Waals surface area contributed by atoms with Gasteiger partial charge < -0.3 is 93.0 Å². The van der Waals surface area contributed by atoms with Gasteiger partial charge in [0.25, 0.3) is 11.8 Å². The molecule has 1 saturated heterocycles. The fourth-order valence-electron chi connectivity index (χ4n) is 14.2. The highest BCUT2D eigenvalue weighted by atomic mass is 16.6. The lowest BCUT2D eigenvalue weighted by Gasteiger charge is -2.31. The second-order valence-electron chi connectivity index (χ2n) is 29.4. The van der Waals surface area contributed by atoms with Crippen molar-refractivity contribution in [3.8, 4) is 23.0 Å². The first-order valence-electron chi connectivity index (χ1n) is 39.7. The Morgan fingerprint density at radius 3 is 1.79 bits per heavy atom. The predicted octanol–water partition coefficient (Wildman–Crippen LogP) is 8.48. The monoisotopic (exact) mass is 1580 g/mol. The molecule has 6 atom stereocenters. The van der Waals surface area contributed by atoms with Gasteiger partial charge in [-0.2, -0.15) is 0 Å². The Bertz CT molecular complexity index is 3770. The van der Waals surface area contributed by atoms with Crippen LogP contribution in [0.4, 0.5) is 21.9 Å². The number of imide groups is 1. The molecule has 0 bridgehead atoms. The van der Waals surface area contributed by atoms with E-state index >= 15 is 0 Å². The van der Waals surface area contributed by atoms with Crippen LogP contribution in [0.1, 0.15) is 164 Å². The third-order valence-electron chi connectivity index (χ3n) is 20.3. The van der Waals surface area contributed by atoms with Gasteiger partial charge in [0.1, 0.15) is 18.7 Å². The van der Waals surface area contributed by atoms with Crippen molar-refractivity contribution in [3.63, 3.8) is 0 Å². The van der Waals surface area contributed by atoms with Crippen LogP contribution in [0.2, 0.25) is 0 Å². The number of anilines is 2. The number of benzene rings is 3. The topological polar surface area (TPSA) is 358 Å². The molecule has 3 aromatic rings. The lowest BCUT2D eigenvalue weighted by Crippen LogP contribution is -2.53. The molecule has 620 valence electrons. The number of likely N-dealkylation sites (tertiary alicyclic amines) is 1. The molecule has 9 rings (SSSR count). The van der Waals surface area contributed by atoms with E-state index in [0.29, 0.717) is 139 Å². The molecule has 31 nitrogen and oxygen atoms in total. The lowest BCUT2D eigenvalue weighted by atomic mass is 9.88. The van der Waals surface area contributed by atoms with Crippen molar-refractivity contribution in [1.29, 1.82) is 0 Å². The summed E-state index contributed by atoms with van der Waals surface area (Å²) in [7, 11) is 2.91. The van der Waals surface area contributed by atoms with Gasteiger partial charge in [-0.3, -0.25) is 48.2 Å². The third-order valence-corrected chi connectivity index (χ3v) is 20.3. The molecule has 1 aliphatic carbocycles. The SMILES string of the molecule is COc1cc2c(cc1OCCCOc1cc3c(cc1OC)C(=O)N1C=C(C)C[C@H]1[C@H](O)N3C(=O)OCc1ccc(NC(=O)[C@H](C)NC(=O)[C@@H](NC(=O)CCOCCOCCOCCOCCCCCOCCOCCOCCNC(=O)CCN3C(=O)CC(CC4CCCCCC4)C3=O)C(C)C)cc1)N=C[C@@H]1CC(C)=CN1C2=O. The average Bonchev–Trinajstić information content (AvgIpc) is 1.58. The number of aliphatic imine (C=N–C) groups is 1. The minimum absolute atomic E-state index is 0.00696. The summed E-state index contributed by atoms with van der Waals surface area (Å²) in [5.74, 6) is -1.56. The Hall–Kier alpha value is -9.08. The molecule has 9 amide bonds. The summed E-state index contributed by atoms with van der Waals surface area (Å²) in [6.07, 6.45) is 15.1. The number of unbranched alkanes of at least 4 members (excludes halogenated alkanes) is 2. The van der Waals surface area contributed by atoms with Crippen LogP contribution in [0.15, 0.2) is 77.1 Å². The fourth-order valence-corrected chi connectivity index (χ4v) is 14.2. The Morgan fingerprint density at radius 1 is 0.584 bits per heavy atom. The molecule has 0 radical (unpaired) electrons. The van der Waals surface area contributed by atoms with Gasteiger partial charge in [-0.25, -0.2) is 9.69 Å². The molecule has 0 aromatic heterocycles. The number of amides is 9. The molecule has 5 heterocycles. The molecule has 0 spiro atoms. The van der Waals surface area contributed by atoms with Crippen molar-refractivity contribution in [3.05, 3.63) is 88.8 Å². The molecule has 5 N–H and O–H groups in total. The molecule has 3 aromatic carbocycles. The zero-order valence-electron chi connectivity index (χ0n) is 66.5. The summed E-state index contributed by atoms with van der Waals surface area (Å²) in [5, 5.41) is 23.0. The summed E-state index contributed by atoms with van der Waals surface area (Å²) < 4.78 is 68.7. The maximum Gasteiger partial charge on any atom is 0.416 e. The number of carbonyl (C=O) groups excluding carboxylic acids is 9. The number of nitrogens with one attached hydrogen (secondary N) is 4. The minimum Gasteiger partial charge on any atom is -0.493 e. The van der Waals surface area contributed by atoms with Crippen molar-refractivity contribution in [2.24, 2.45) is 22.7 Å². The van der Waals surface area contributed by atoms with E-state index in [4.69, 9.17) is 56.8 Å². The molecule has 31 heteroatoms. The quantitative estimate of drug-likeness (QED) is 0.0201. The highest BCUT2D eigenvalue weighted by molar-refractivity contribution is 6.07. The maximum atomic E-state index is 14.3. The summed E-state index contributed by atoms with van der Waals surface area (Å²) in [6.45, 7) is 14.9. The van der Waals surface area contributed by atoms with Crippen LogP contribution in [0.5, 0.6) is 23.0 Å². The molecule has 6 aliphatic rings. The summed E-state index contributed by atoms with van der Waals surface area (Å²) in [5.41, 5.74) is 3.74. The first-order valence-corrected chi connectivity index (χ1v) is 39.7. The van der Waals surface area contributed by atoms with Crippen molar-refractivity contribution in [2.45, 2.75) is 174 Å². The Balaban J connectivity index is 0.572. The maximum absolute atomic E-state index is 14.3. The number of ether oxygens (including phenoxy) is 12. The molecule has 1 saturated carbocycles. The van der Waals surface area contributed by atoms with E-state index in [1.165, 1.54) is 68.8 Å². The van der Waals surface area contributed by atoms with Gasteiger partial charge in [0.15, 0.2) is 29.2 Å². The van der Waals surface area contributed by atoms with Crippen molar-refractivity contribution in [2.75, 3.05) is 143 Å². The number of hydrogen-bond acceptors (Lipinski definition) is 23. The van der Waals surface area contributed by atoms with Gasteiger partial charge in [0.2, 0.25) is 35.4 Å². The van der Waals surface area contributed by atoms with E-state index < -0.39 is 54.1 Å². The van der Waals surface area contributed by atoms with Gasteiger partial charge in [-0.15, -0.1) is 0 Å². The van der Waals surface area contributed by atoms with Crippen LogP contribution in [-0.2, 0) is 73.3 Å².